The van der Waals surface area contributed by atoms with Gasteiger partial charge in [-0.25, -0.2) is 4.98 Å². The number of pyridine rings is 1. The molecule has 214 valence electrons. The van der Waals surface area contributed by atoms with Gasteiger partial charge in [-0.05, 0) is 56.7 Å². The minimum Gasteiger partial charge on any atom is -0.349 e. The van der Waals surface area contributed by atoms with Crippen LogP contribution in [0.1, 0.15) is 43.0 Å². The lowest BCUT2D eigenvalue weighted by atomic mass is 9.90. The van der Waals surface area contributed by atoms with Crippen molar-refractivity contribution in [3.8, 4) is 0 Å². The van der Waals surface area contributed by atoms with Crippen LogP contribution in [-0.2, 0) is 4.79 Å². The van der Waals surface area contributed by atoms with E-state index in [1.54, 1.807) is 18.0 Å². The summed E-state index contributed by atoms with van der Waals surface area (Å²) < 4.78 is 2.96. The number of likely N-dealkylation sites (tertiary alicyclic amines) is 1. The number of para-hydroxylation sites is 1. The van der Waals surface area contributed by atoms with E-state index in [9.17, 15) is 14.4 Å². The first-order chi connectivity index (χ1) is 19.8. The van der Waals surface area contributed by atoms with Gasteiger partial charge in [0, 0.05) is 58.4 Å². The number of rotatable bonds is 4. The number of hydrogen-bond acceptors (Lipinski definition) is 8. The first-order valence-electron chi connectivity index (χ1n) is 14.5. The molecule has 0 spiro atoms. The van der Waals surface area contributed by atoms with Crippen LogP contribution in [0.2, 0.25) is 0 Å². The average molecular weight is 574 g/mol. The lowest BCUT2D eigenvalue weighted by Crippen LogP contribution is -2.44. The fourth-order valence-electron chi connectivity index (χ4n) is 7.15. The quantitative estimate of drug-likeness (QED) is 0.401. The number of carbonyl (C=O) groups is 2. The highest BCUT2D eigenvalue weighted by Gasteiger charge is 2.39. The molecule has 1 N–H and O–H groups in total. The topological polar surface area (TPSA) is 103 Å². The van der Waals surface area contributed by atoms with Crippen LogP contribution < -0.4 is 15.6 Å². The van der Waals surface area contributed by atoms with Crippen molar-refractivity contribution in [3.63, 3.8) is 0 Å². The van der Waals surface area contributed by atoms with Gasteiger partial charge in [0.15, 0.2) is 5.65 Å². The Morgan fingerprint density at radius 3 is 2.46 bits per heavy atom. The van der Waals surface area contributed by atoms with Gasteiger partial charge in [-0.2, -0.15) is 4.98 Å². The van der Waals surface area contributed by atoms with Crippen molar-refractivity contribution in [3.05, 3.63) is 46.2 Å². The van der Waals surface area contributed by atoms with Crippen LogP contribution >= 0.6 is 11.3 Å². The summed E-state index contributed by atoms with van der Waals surface area (Å²) in [7, 11) is 4.01. The second kappa shape index (κ2) is 10.1. The lowest BCUT2D eigenvalue weighted by molar-refractivity contribution is -0.130. The van der Waals surface area contributed by atoms with Crippen molar-refractivity contribution in [2.75, 3.05) is 45.2 Å². The van der Waals surface area contributed by atoms with Crippen molar-refractivity contribution in [1.29, 1.82) is 0 Å². The molecule has 2 unspecified atom stereocenters. The van der Waals surface area contributed by atoms with Crippen LogP contribution in [0.25, 0.3) is 26.1 Å². The number of aromatic nitrogens is 3. The smallest absolute Gasteiger partial charge is 0.258 e. The van der Waals surface area contributed by atoms with E-state index in [0.29, 0.717) is 33.6 Å². The van der Waals surface area contributed by atoms with E-state index >= 15 is 0 Å². The van der Waals surface area contributed by atoms with Crippen LogP contribution in [0.5, 0.6) is 0 Å². The molecule has 0 bridgehead atoms. The molecule has 4 aromatic rings. The Bertz CT molecular complexity index is 1730. The first-order valence-corrected chi connectivity index (χ1v) is 15.3. The van der Waals surface area contributed by atoms with Gasteiger partial charge < -0.3 is 20.0 Å². The molecule has 5 heterocycles. The minimum absolute atomic E-state index is 0.0454. The third-order valence-electron chi connectivity index (χ3n) is 9.42. The van der Waals surface area contributed by atoms with Gasteiger partial charge in [-0.1, -0.05) is 12.1 Å². The van der Waals surface area contributed by atoms with Gasteiger partial charge in [-0.3, -0.25) is 18.8 Å². The van der Waals surface area contributed by atoms with E-state index in [2.05, 4.69) is 27.1 Å². The molecule has 2 amide bonds. The number of anilines is 1. The predicted octanol–water partition coefficient (Wildman–Crippen LogP) is 2.97. The number of thiazole rings is 1. The number of fused-ring (bicyclic) bond motifs is 6. The summed E-state index contributed by atoms with van der Waals surface area (Å²) in [5, 5.41) is 3.50. The zero-order chi connectivity index (χ0) is 28.4. The summed E-state index contributed by atoms with van der Waals surface area (Å²) in [6, 6.07) is 8.09. The van der Waals surface area contributed by atoms with Gasteiger partial charge in [0.25, 0.3) is 5.91 Å². The maximum absolute atomic E-state index is 13.9. The second-order valence-electron chi connectivity index (χ2n) is 12.1. The van der Waals surface area contributed by atoms with Gasteiger partial charge in [0.2, 0.25) is 17.3 Å². The van der Waals surface area contributed by atoms with Crippen LogP contribution in [0.4, 0.5) is 5.95 Å². The van der Waals surface area contributed by atoms with E-state index in [1.165, 1.54) is 11.3 Å². The number of benzene rings is 1. The van der Waals surface area contributed by atoms with Gasteiger partial charge in [0.1, 0.15) is 10.4 Å². The SMILES string of the molecule is CC(=O)N(C)C1CCC(NC(=O)c2c(=O)c3cnc(N4CC5CN(C)CC5C4)nc3n3c2sc2ccccc23)CC1. The predicted molar refractivity (Wildman–Crippen MR) is 161 cm³/mol. The Morgan fingerprint density at radius 2 is 1.76 bits per heavy atom. The Labute approximate surface area is 242 Å². The average Bonchev–Trinajstić information content (AvgIpc) is 3.63. The summed E-state index contributed by atoms with van der Waals surface area (Å²) in [6.07, 6.45) is 4.78. The standard InChI is InChI=1S/C30H35N7O3S/c1-17(38)35(3)21-10-8-20(9-11-21)32-28(40)25-26(39)22-12-31-30(36-15-18-13-34(2)14-19(18)16-36)33-27(22)37-23-6-4-5-7-24(23)41-29(25)37/h4-7,12,18-21H,8-11,13-16H2,1-3H3,(H,32,40). The first kappa shape index (κ1) is 26.3. The van der Waals surface area contributed by atoms with E-state index < -0.39 is 0 Å². The number of carbonyl (C=O) groups excluding carboxylic acids is 2. The highest BCUT2D eigenvalue weighted by atomic mass is 32.1. The Hall–Kier alpha value is -3.57. The van der Waals surface area contributed by atoms with Crippen LogP contribution in [0.3, 0.4) is 0 Å². The molecular formula is C30H35N7O3S. The molecule has 1 aliphatic carbocycles. The van der Waals surface area contributed by atoms with Crippen molar-refractivity contribution in [1.82, 2.24) is 29.5 Å². The van der Waals surface area contributed by atoms with Gasteiger partial charge in [0.05, 0.1) is 15.6 Å². The Morgan fingerprint density at radius 1 is 1.05 bits per heavy atom. The van der Waals surface area contributed by atoms with E-state index in [0.717, 1.165) is 62.1 Å². The highest BCUT2D eigenvalue weighted by molar-refractivity contribution is 7.24. The molecule has 2 atom stereocenters. The zero-order valence-electron chi connectivity index (χ0n) is 23.7. The third-order valence-corrected chi connectivity index (χ3v) is 10.6. The number of amides is 2. The van der Waals surface area contributed by atoms with Crippen molar-refractivity contribution in [2.24, 2.45) is 11.8 Å². The van der Waals surface area contributed by atoms with Crippen LogP contribution in [0, 0.1) is 11.8 Å². The van der Waals surface area contributed by atoms with E-state index in [4.69, 9.17) is 4.98 Å². The third kappa shape index (κ3) is 4.46. The molecular weight excluding hydrogens is 538 g/mol. The molecule has 0 radical (unpaired) electrons. The number of hydrogen-bond donors (Lipinski definition) is 1. The summed E-state index contributed by atoms with van der Waals surface area (Å²) in [5.74, 6) is 1.55. The fourth-order valence-corrected chi connectivity index (χ4v) is 8.33. The highest BCUT2D eigenvalue weighted by Crippen LogP contribution is 2.34. The van der Waals surface area contributed by atoms with Gasteiger partial charge in [-0.15, -0.1) is 11.3 Å². The molecule has 41 heavy (non-hydrogen) atoms. The van der Waals surface area contributed by atoms with E-state index in [-0.39, 0.29) is 34.9 Å². The molecule has 11 heteroatoms. The second-order valence-corrected chi connectivity index (χ2v) is 13.1. The molecule has 2 saturated heterocycles. The van der Waals surface area contributed by atoms with Crippen molar-refractivity contribution in [2.45, 2.75) is 44.7 Å². The zero-order valence-corrected chi connectivity index (χ0v) is 24.5. The summed E-state index contributed by atoms with van der Waals surface area (Å²) in [5.41, 5.74) is 1.28. The monoisotopic (exact) mass is 573 g/mol. The van der Waals surface area contributed by atoms with Crippen molar-refractivity contribution < 1.29 is 9.59 Å². The fraction of sp³-hybridized carbons (Fsp3) is 0.500. The number of nitrogens with one attached hydrogen (secondary N) is 1. The Balaban J connectivity index is 1.25. The maximum Gasteiger partial charge on any atom is 0.258 e. The van der Waals surface area contributed by atoms with Gasteiger partial charge >= 0.3 is 0 Å². The van der Waals surface area contributed by atoms with E-state index in [1.807, 2.05) is 35.7 Å². The summed E-state index contributed by atoms with van der Waals surface area (Å²) in [4.78, 5) is 56.1. The summed E-state index contributed by atoms with van der Waals surface area (Å²) in [6.45, 7) is 5.57. The summed E-state index contributed by atoms with van der Waals surface area (Å²) >= 11 is 1.45. The largest absolute Gasteiger partial charge is 0.349 e. The molecule has 2 aliphatic heterocycles. The molecule has 1 saturated carbocycles. The Kier molecular flexibility index (Phi) is 6.46. The maximum atomic E-state index is 13.9. The normalized spacial score (nSPS) is 24.8. The molecule has 3 fully saturated rings. The molecule has 3 aromatic heterocycles. The van der Waals surface area contributed by atoms with Crippen LogP contribution in [0.15, 0.2) is 35.3 Å². The number of nitrogens with zero attached hydrogens (tertiary/aromatic N) is 6. The van der Waals surface area contributed by atoms with Crippen molar-refractivity contribution >= 4 is 55.2 Å². The molecule has 1 aromatic carbocycles. The molecule has 3 aliphatic rings. The lowest BCUT2D eigenvalue weighted by Gasteiger charge is -2.34. The molecule has 10 nitrogen and oxygen atoms in total. The minimum atomic E-state index is -0.357. The molecule has 7 rings (SSSR count). The van der Waals surface area contributed by atoms with Crippen LogP contribution in [-0.4, -0.2) is 88.3 Å².